The summed E-state index contributed by atoms with van der Waals surface area (Å²) in [7, 11) is -3.11. The molecule has 7 heteroatoms. The summed E-state index contributed by atoms with van der Waals surface area (Å²) in [6, 6.07) is 3.89. The zero-order valence-corrected chi connectivity index (χ0v) is 13.8. The first kappa shape index (κ1) is 16.5. The quantitative estimate of drug-likeness (QED) is 0.875. The number of nitrogens with two attached hydrogens (primary N) is 1. The van der Waals surface area contributed by atoms with Gasteiger partial charge in [0.15, 0.2) is 0 Å². The van der Waals surface area contributed by atoms with Gasteiger partial charge in [0.25, 0.3) is 0 Å². The van der Waals surface area contributed by atoms with Crippen molar-refractivity contribution >= 4 is 10.0 Å². The Kier molecular flexibility index (Phi) is 5.08. The van der Waals surface area contributed by atoms with Crippen LogP contribution < -0.4 is 5.73 Å². The van der Waals surface area contributed by atoms with Crippen molar-refractivity contribution in [3.8, 4) is 0 Å². The molecule has 2 rings (SSSR count). The summed E-state index contributed by atoms with van der Waals surface area (Å²) in [5.74, 6) is 1.74. The van der Waals surface area contributed by atoms with Crippen molar-refractivity contribution < 1.29 is 12.8 Å². The van der Waals surface area contributed by atoms with Gasteiger partial charge < -0.3 is 10.2 Å². The minimum Gasteiger partial charge on any atom is -0.465 e. The molecule has 6 nitrogen and oxygen atoms in total. The highest BCUT2D eigenvalue weighted by molar-refractivity contribution is 7.88. The molecule has 1 aromatic rings. The topological polar surface area (TPSA) is 79.8 Å². The Labute approximate surface area is 126 Å². The van der Waals surface area contributed by atoms with E-state index in [1.807, 2.05) is 19.1 Å². The van der Waals surface area contributed by atoms with Gasteiger partial charge in [-0.25, -0.2) is 8.42 Å². The third kappa shape index (κ3) is 3.85. The molecule has 2 heterocycles. The highest BCUT2D eigenvalue weighted by Gasteiger charge is 2.32. The van der Waals surface area contributed by atoms with Gasteiger partial charge >= 0.3 is 0 Å². The Morgan fingerprint density at radius 1 is 1.29 bits per heavy atom. The van der Waals surface area contributed by atoms with Crippen molar-refractivity contribution in [3.63, 3.8) is 0 Å². The third-order valence-corrected chi connectivity index (χ3v) is 5.37. The van der Waals surface area contributed by atoms with Crippen molar-refractivity contribution in [2.75, 3.05) is 32.4 Å². The Hall–Kier alpha value is -0.890. The zero-order valence-electron chi connectivity index (χ0n) is 12.9. The average molecular weight is 315 g/mol. The summed E-state index contributed by atoms with van der Waals surface area (Å²) in [6.07, 6.45) is 2.10. The normalized spacial score (nSPS) is 21.3. The highest BCUT2D eigenvalue weighted by Crippen LogP contribution is 2.28. The van der Waals surface area contributed by atoms with E-state index in [1.165, 1.54) is 10.6 Å². The fourth-order valence-electron chi connectivity index (χ4n) is 2.81. The number of nitrogens with zero attached hydrogens (tertiary/aromatic N) is 2. The van der Waals surface area contributed by atoms with Crippen LogP contribution in [0.5, 0.6) is 0 Å². The van der Waals surface area contributed by atoms with Crippen LogP contribution >= 0.6 is 0 Å². The van der Waals surface area contributed by atoms with Gasteiger partial charge in [-0.05, 0) is 25.5 Å². The molecule has 0 aliphatic carbocycles. The molecule has 0 bridgehead atoms. The molecular formula is C14H25N3O3S. The molecular weight excluding hydrogens is 290 g/mol. The van der Waals surface area contributed by atoms with E-state index >= 15 is 0 Å². The number of hydrogen-bond donors (Lipinski definition) is 1. The molecule has 2 atom stereocenters. The Balaban J connectivity index is 2.13. The van der Waals surface area contributed by atoms with Crippen molar-refractivity contribution in [1.29, 1.82) is 0 Å². The first-order valence-corrected chi connectivity index (χ1v) is 9.19. The lowest BCUT2D eigenvalue weighted by molar-refractivity contribution is 0.104. The third-order valence-electron chi connectivity index (χ3n) is 4.07. The molecule has 1 aliphatic heterocycles. The van der Waals surface area contributed by atoms with Crippen molar-refractivity contribution in [3.05, 3.63) is 23.7 Å². The van der Waals surface area contributed by atoms with Crippen LogP contribution in [-0.4, -0.2) is 56.1 Å². The number of piperazine rings is 1. The monoisotopic (exact) mass is 315 g/mol. The molecule has 0 aromatic carbocycles. The molecule has 0 amide bonds. The first-order valence-electron chi connectivity index (χ1n) is 7.34. The maximum atomic E-state index is 11.6. The second kappa shape index (κ2) is 6.48. The molecule has 2 unspecified atom stereocenters. The zero-order chi connectivity index (χ0) is 15.6. The highest BCUT2D eigenvalue weighted by atomic mass is 32.2. The van der Waals surface area contributed by atoms with Gasteiger partial charge in [0.05, 0.1) is 12.3 Å². The van der Waals surface area contributed by atoms with E-state index in [0.29, 0.717) is 26.2 Å². The first-order chi connectivity index (χ1) is 9.82. The minimum atomic E-state index is -3.11. The summed E-state index contributed by atoms with van der Waals surface area (Å²) >= 11 is 0. The van der Waals surface area contributed by atoms with Crippen molar-refractivity contribution in [2.45, 2.75) is 32.4 Å². The van der Waals surface area contributed by atoms with Gasteiger partial charge in [0, 0.05) is 32.2 Å². The molecule has 120 valence electrons. The van der Waals surface area contributed by atoms with Gasteiger partial charge in [-0.15, -0.1) is 0 Å². The van der Waals surface area contributed by atoms with Crippen molar-refractivity contribution in [1.82, 2.24) is 9.21 Å². The van der Waals surface area contributed by atoms with Crippen LogP contribution in [0, 0.1) is 6.92 Å². The van der Waals surface area contributed by atoms with Crippen LogP contribution in [-0.2, 0) is 10.0 Å². The number of aryl methyl sites for hydroxylation is 1. The lowest BCUT2D eigenvalue weighted by Crippen LogP contribution is -2.52. The fraction of sp³-hybridized carbons (Fsp3) is 0.714. The van der Waals surface area contributed by atoms with E-state index in [4.69, 9.17) is 10.2 Å². The number of hydrogen-bond acceptors (Lipinski definition) is 5. The van der Waals surface area contributed by atoms with Gasteiger partial charge in [-0.1, -0.05) is 6.92 Å². The van der Waals surface area contributed by atoms with Crippen LogP contribution in [0.3, 0.4) is 0 Å². The van der Waals surface area contributed by atoms with Gasteiger partial charge in [-0.3, -0.25) is 4.90 Å². The van der Waals surface area contributed by atoms with Crippen LogP contribution in [0.1, 0.15) is 30.9 Å². The molecule has 0 saturated carbocycles. The van der Waals surface area contributed by atoms with E-state index in [9.17, 15) is 8.42 Å². The summed E-state index contributed by atoms with van der Waals surface area (Å²) < 4.78 is 30.5. The molecule has 1 aliphatic rings. The van der Waals surface area contributed by atoms with Crippen molar-refractivity contribution in [2.24, 2.45) is 5.73 Å². The van der Waals surface area contributed by atoms with Crippen LogP contribution in [0.4, 0.5) is 0 Å². The Bertz CT molecular complexity index is 562. The summed E-state index contributed by atoms with van der Waals surface area (Å²) in [5.41, 5.74) is 6.28. The number of sulfonamides is 1. The van der Waals surface area contributed by atoms with E-state index < -0.39 is 10.0 Å². The smallest absolute Gasteiger partial charge is 0.211 e. The van der Waals surface area contributed by atoms with Gasteiger partial charge in [0.1, 0.15) is 11.5 Å². The second-order valence-electron chi connectivity index (χ2n) is 5.66. The van der Waals surface area contributed by atoms with Crippen LogP contribution in [0.25, 0.3) is 0 Å². The van der Waals surface area contributed by atoms with Gasteiger partial charge in [0.2, 0.25) is 10.0 Å². The summed E-state index contributed by atoms with van der Waals surface area (Å²) in [4.78, 5) is 2.23. The molecule has 0 spiro atoms. The standard InChI is InChI=1S/C14H25N3O3S/c1-4-12(15)14(13-6-5-11(2)20-13)16-7-9-17(10-8-16)21(3,18)19/h5-6,12,14H,4,7-10,15H2,1-3H3. The maximum absolute atomic E-state index is 11.6. The second-order valence-corrected chi connectivity index (χ2v) is 7.65. The Morgan fingerprint density at radius 3 is 2.33 bits per heavy atom. The van der Waals surface area contributed by atoms with Crippen LogP contribution in [0.15, 0.2) is 16.5 Å². The molecule has 0 radical (unpaired) electrons. The summed E-state index contributed by atoms with van der Waals surface area (Å²) in [6.45, 7) is 6.33. The Morgan fingerprint density at radius 2 is 1.90 bits per heavy atom. The SMILES string of the molecule is CCC(N)C(c1ccc(C)o1)N1CCN(S(C)(=O)=O)CC1. The van der Waals surface area contributed by atoms with E-state index in [-0.39, 0.29) is 12.1 Å². The van der Waals surface area contributed by atoms with Gasteiger partial charge in [-0.2, -0.15) is 4.31 Å². The van der Waals surface area contributed by atoms with E-state index in [2.05, 4.69) is 11.8 Å². The van der Waals surface area contributed by atoms with E-state index in [1.54, 1.807) is 0 Å². The van der Waals surface area contributed by atoms with Crippen LogP contribution in [0.2, 0.25) is 0 Å². The molecule has 21 heavy (non-hydrogen) atoms. The number of furan rings is 1. The van der Waals surface area contributed by atoms with E-state index in [0.717, 1.165) is 17.9 Å². The predicted molar refractivity (Wildman–Crippen MR) is 82.4 cm³/mol. The average Bonchev–Trinajstić information content (AvgIpc) is 2.84. The fourth-order valence-corrected chi connectivity index (χ4v) is 3.64. The number of rotatable bonds is 5. The lowest BCUT2D eigenvalue weighted by atomic mass is 10.0. The maximum Gasteiger partial charge on any atom is 0.211 e. The molecule has 2 N–H and O–H groups in total. The largest absolute Gasteiger partial charge is 0.465 e. The minimum absolute atomic E-state index is 0.00501. The molecule has 1 fully saturated rings. The summed E-state index contributed by atoms with van der Waals surface area (Å²) in [5, 5.41) is 0. The molecule has 1 aromatic heterocycles. The predicted octanol–water partition coefficient (Wildman–Crippen LogP) is 0.944. The lowest BCUT2D eigenvalue weighted by Gasteiger charge is -2.39. The molecule has 1 saturated heterocycles.